The van der Waals surface area contributed by atoms with Crippen molar-refractivity contribution >= 4 is 22.8 Å². The molecule has 4 aliphatic rings. The van der Waals surface area contributed by atoms with Gasteiger partial charge in [0.1, 0.15) is 5.01 Å². The van der Waals surface area contributed by atoms with Crippen LogP contribution in [0.4, 0.5) is 0 Å². The lowest BCUT2D eigenvalue weighted by molar-refractivity contribution is -0.140. The van der Waals surface area contributed by atoms with Crippen molar-refractivity contribution in [1.82, 2.24) is 24.3 Å². The number of fused-ring (bicyclic) bond motifs is 3. The van der Waals surface area contributed by atoms with Gasteiger partial charge in [0.25, 0.3) is 5.56 Å². The number of aromatic nitrogens is 2. The maximum atomic E-state index is 13.9. The molecule has 4 atom stereocenters. The van der Waals surface area contributed by atoms with Crippen molar-refractivity contribution < 1.29 is 9.90 Å². The van der Waals surface area contributed by atoms with Crippen molar-refractivity contribution in [2.24, 2.45) is 11.8 Å². The third kappa shape index (κ3) is 3.89. The molecule has 186 valence electrons. The summed E-state index contributed by atoms with van der Waals surface area (Å²) in [6.07, 6.45) is 7.08. The van der Waals surface area contributed by atoms with Crippen LogP contribution in [-0.2, 0) is 17.9 Å². The van der Waals surface area contributed by atoms with Crippen LogP contribution in [0.25, 0.3) is 5.57 Å². The van der Waals surface area contributed by atoms with Gasteiger partial charge < -0.3 is 19.5 Å². The first kappa shape index (κ1) is 23.1. The van der Waals surface area contributed by atoms with Crippen LogP contribution in [-0.4, -0.2) is 81.1 Å². The number of amides is 1. The Hall–Kier alpha value is -2.33. The zero-order valence-corrected chi connectivity index (χ0v) is 21.0. The van der Waals surface area contributed by atoms with E-state index in [-0.39, 0.29) is 36.0 Å². The fourth-order valence-electron chi connectivity index (χ4n) is 6.63. The highest BCUT2D eigenvalue weighted by molar-refractivity contribution is 7.09. The number of aliphatic hydroxyl groups excluding tert-OH is 1. The van der Waals surface area contributed by atoms with Gasteiger partial charge in [0.2, 0.25) is 5.91 Å². The Morgan fingerprint density at radius 2 is 2.06 bits per heavy atom. The number of likely N-dealkylation sites (tertiary alicyclic amines) is 1. The second kappa shape index (κ2) is 9.28. The minimum atomic E-state index is -0.414. The first-order chi connectivity index (χ1) is 17.1. The minimum absolute atomic E-state index is 0.0156. The van der Waals surface area contributed by atoms with E-state index >= 15 is 0 Å². The minimum Gasteiger partial charge on any atom is -0.396 e. The summed E-state index contributed by atoms with van der Waals surface area (Å²) in [6.45, 7) is 4.15. The van der Waals surface area contributed by atoms with Crippen LogP contribution in [0.2, 0.25) is 0 Å². The van der Waals surface area contributed by atoms with E-state index < -0.39 is 6.04 Å². The average Bonchev–Trinajstić information content (AvgIpc) is 3.65. The molecule has 6 rings (SSSR count). The maximum Gasteiger partial charge on any atom is 0.258 e. The molecule has 1 N–H and O–H groups in total. The third-order valence-corrected chi connectivity index (χ3v) is 9.21. The SMILES string of the molecule is CN1CCN(C(=O)[C@H]2[C@H](CO)[C@H]3Cn4c(ccc(C5=CCCC5)c4=O)[C@H]3N2Cc2nccs2)CC1. The van der Waals surface area contributed by atoms with E-state index in [1.54, 1.807) is 17.5 Å². The number of piperazine rings is 1. The molecule has 3 aliphatic heterocycles. The number of carbonyl (C=O) groups excluding carboxylic acids is 1. The molecule has 2 saturated heterocycles. The van der Waals surface area contributed by atoms with Crippen LogP contribution < -0.4 is 5.56 Å². The Morgan fingerprint density at radius 1 is 1.23 bits per heavy atom. The molecular formula is C26H33N5O3S. The summed E-state index contributed by atoms with van der Waals surface area (Å²) in [7, 11) is 2.08. The zero-order chi connectivity index (χ0) is 24.1. The van der Waals surface area contributed by atoms with Gasteiger partial charge in [0, 0.05) is 74.0 Å². The van der Waals surface area contributed by atoms with E-state index in [2.05, 4.69) is 34.0 Å². The first-order valence-corrected chi connectivity index (χ1v) is 13.6. The van der Waals surface area contributed by atoms with E-state index in [1.165, 1.54) is 0 Å². The van der Waals surface area contributed by atoms with Gasteiger partial charge in [-0.05, 0) is 44.0 Å². The summed E-state index contributed by atoms with van der Waals surface area (Å²) in [5.41, 5.74) is 3.00. The van der Waals surface area contributed by atoms with Crippen LogP contribution in [0.5, 0.6) is 0 Å². The maximum absolute atomic E-state index is 13.9. The molecule has 2 fully saturated rings. The highest BCUT2D eigenvalue weighted by Crippen LogP contribution is 2.50. The fourth-order valence-corrected chi connectivity index (χ4v) is 7.25. The molecule has 2 aromatic heterocycles. The van der Waals surface area contributed by atoms with Crippen molar-refractivity contribution in [3.05, 3.63) is 56.4 Å². The molecule has 2 aromatic rings. The van der Waals surface area contributed by atoms with Gasteiger partial charge in [-0.15, -0.1) is 11.3 Å². The summed E-state index contributed by atoms with van der Waals surface area (Å²) >= 11 is 1.58. The third-order valence-electron chi connectivity index (χ3n) is 8.45. The van der Waals surface area contributed by atoms with E-state index in [0.717, 1.165) is 54.2 Å². The Bertz CT molecular complexity index is 1180. The second-order valence-electron chi connectivity index (χ2n) is 10.3. The molecule has 0 unspecified atom stereocenters. The Labute approximate surface area is 209 Å². The molecule has 0 radical (unpaired) electrons. The van der Waals surface area contributed by atoms with E-state index in [9.17, 15) is 14.7 Å². The van der Waals surface area contributed by atoms with Gasteiger partial charge >= 0.3 is 0 Å². The van der Waals surface area contributed by atoms with Gasteiger partial charge in [-0.2, -0.15) is 0 Å². The van der Waals surface area contributed by atoms with Gasteiger partial charge in [0.05, 0.1) is 18.6 Å². The van der Waals surface area contributed by atoms with Gasteiger partial charge in [-0.1, -0.05) is 6.08 Å². The van der Waals surface area contributed by atoms with Crippen molar-refractivity contribution in [2.75, 3.05) is 39.8 Å². The number of pyridine rings is 1. The summed E-state index contributed by atoms with van der Waals surface area (Å²) in [6, 6.07) is 3.57. The van der Waals surface area contributed by atoms with Crippen LogP contribution >= 0.6 is 11.3 Å². The largest absolute Gasteiger partial charge is 0.396 e. The molecule has 0 bridgehead atoms. The summed E-state index contributed by atoms with van der Waals surface area (Å²) < 4.78 is 1.91. The number of likely N-dealkylation sites (N-methyl/N-ethyl adjacent to an activating group) is 1. The normalized spacial score (nSPS) is 28.9. The number of carbonyl (C=O) groups is 1. The summed E-state index contributed by atoms with van der Waals surface area (Å²) in [5, 5.41) is 13.5. The number of allylic oxidation sites excluding steroid dienone is 2. The van der Waals surface area contributed by atoms with Gasteiger partial charge in [0.15, 0.2) is 0 Å². The lowest BCUT2D eigenvalue weighted by Crippen LogP contribution is -2.55. The highest BCUT2D eigenvalue weighted by Gasteiger charge is 2.56. The summed E-state index contributed by atoms with van der Waals surface area (Å²) in [4.78, 5) is 38.4. The molecule has 35 heavy (non-hydrogen) atoms. The predicted molar refractivity (Wildman–Crippen MR) is 135 cm³/mol. The van der Waals surface area contributed by atoms with Crippen molar-refractivity contribution in [2.45, 2.75) is 44.4 Å². The van der Waals surface area contributed by atoms with Crippen molar-refractivity contribution in [3.63, 3.8) is 0 Å². The Kier molecular flexibility index (Phi) is 6.12. The van der Waals surface area contributed by atoms with Crippen LogP contribution in [0.15, 0.2) is 34.6 Å². The summed E-state index contributed by atoms with van der Waals surface area (Å²) in [5.74, 6) is -0.104. The first-order valence-electron chi connectivity index (χ1n) is 12.7. The standard InChI is InChI=1S/C26H33N5O3S/c1-28-9-11-29(12-10-28)26(34)24-20(16-32)19-14-30-21(23(19)31(24)15-22-27-8-13-35-22)7-6-18(25(30)33)17-4-2-3-5-17/h4,6-8,13,19-20,23-24,32H,2-3,5,9-12,14-16H2,1H3/t19-,20-,23+,24-/m1/s1. The predicted octanol–water partition coefficient (Wildman–Crippen LogP) is 1.81. The molecule has 1 aliphatic carbocycles. The van der Waals surface area contributed by atoms with E-state index in [1.807, 2.05) is 20.9 Å². The average molecular weight is 496 g/mol. The molecule has 0 spiro atoms. The molecule has 0 aromatic carbocycles. The number of hydrogen-bond acceptors (Lipinski definition) is 7. The van der Waals surface area contributed by atoms with Crippen LogP contribution in [0.3, 0.4) is 0 Å². The lowest BCUT2D eigenvalue weighted by Gasteiger charge is -2.38. The molecular weight excluding hydrogens is 462 g/mol. The van der Waals surface area contributed by atoms with Crippen LogP contribution in [0.1, 0.15) is 41.6 Å². The zero-order valence-electron chi connectivity index (χ0n) is 20.2. The molecule has 8 nitrogen and oxygen atoms in total. The smallest absolute Gasteiger partial charge is 0.258 e. The van der Waals surface area contributed by atoms with E-state index in [4.69, 9.17) is 0 Å². The number of hydrogen-bond donors (Lipinski definition) is 1. The van der Waals surface area contributed by atoms with Gasteiger partial charge in [-0.25, -0.2) is 4.98 Å². The highest BCUT2D eigenvalue weighted by atomic mass is 32.1. The van der Waals surface area contributed by atoms with Gasteiger partial charge in [-0.3, -0.25) is 14.5 Å². The van der Waals surface area contributed by atoms with Crippen LogP contribution in [0, 0.1) is 11.8 Å². The van der Waals surface area contributed by atoms with Crippen molar-refractivity contribution in [3.8, 4) is 0 Å². The second-order valence-corrected chi connectivity index (χ2v) is 11.3. The fraction of sp³-hybridized carbons (Fsp3) is 0.577. The number of thiazole rings is 1. The lowest BCUT2D eigenvalue weighted by atomic mass is 9.88. The van der Waals surface area contributed by atoms with Crippen molar-refractivity contribution in [1.29, 1.82) is 0 Å². The monoisotopic (exact) mass is 495 g/mol. The Balaban J connectivity index is 1.38. The number of nitrogens with zero attached hydrogens (tertiary/aromatic N) is 5. The number of rotatable bonds is 5. The van der Waals surface area contributed by atoms with E-state index in [0.29, 0.717) is 26.2 Å². The molecule has 0 saturated carbocycles. The quantitative estimate of drug-likeness (QED) is 0.682. The number of aliphatic hydroxyl groups is 1. The molecule has 1 amide bonds. The molecule has 9 heteroatoms. The Morgan fingerprint density at radius 3 is 2.74 bits per heavy atom. The molecule has 5 heterocycles. The topological polar surface area (TPSA) is 81.9 Å².